The Hall–Kier alpha value is -3.13. The molecule has 8 heteroatoms. The summed E-state index contributed by atoms with van der Waals surface area (Å²) in [6.45, 7) is 6.58. The number of hydrogen-bond donors (Lipinski definition) is 0. The molecule has 0 spiro atoms. The zero-order valence-corrected chi connectivity index (χ0v) is 20.6. The lowest BCUT2D eigenvalue weighted by Crippen LogP contribution is -2.32. The Morgan fingerprint density at radius 3 is 2.33 bits per heavy atom. The number of carbonyl (C=O) groups excluding carboxylic acids is 2. The molecule has 0 atom stereocenters. The molecule has 0 unspecified atom stereocenters. The minimum absolute atomic E-state index is 0.163. The second-order valence-corrected chi connectivity index (χ2v) is 8.79. The molecule has 1 saturated heterocycles. The van der Waals surface area contributed by atoms with Crippen molar-refractivity contribution in [2.45, 2.75) is 26.7 Å². The van der Waals surface area contributed by atoms with E-state index in [0.717, 1.165) is 28.6 Å². The van der Waals surface area contributed by atoms with Crippen molar-refractivity contribution in [3.05, 3.63) is 51.9 Å². The molecule has 0 N–H and O–H groups in total. The van der Waals surface area contributed by atoms with E-state index in [9.17, 15) is 9.59 Å². The van der Waals surface area contributed by atoms with Gasteiger partial charge in [0.15, 0.2) is 11.5 Å². The molecule has 0 saturated carbocycles. The first-order valence-corrected chi connectivity index (χ1v) is 11.4. The average molecular weight is 472 g/mol. The van der Waals surface area contributed by atoms with E-state index in [2.05, 4.69) is 19.9 Å². The zero-order valence-electron chi connectivity index (χ0n) is 19.8. The molecule has 1 aliphatic rings. The van der Waals surface area contributed by atoms with Gasteiger partial charge in [-0.1, -0.05) is 26.0 Å². The SMILES string of the molecule is COc1ccc(/C=C2\SC(=O)N(CCOc3cc(C)ccc3C(C)C)C2=O)c(OC)c1OC. The van der Waals surface area contributed by atoms with Crippen molar-refractivity contribution in [1.82, 2.24) is 4.90 Å². The van der Waals surface area contributed by atoms with Crippen molar-refractivity contribution < 1.29 is 28.5 Å². The summed E-state index contributed by atoms with van der Waals surface area (Å²) in [6.07, 6.45) is 1.63. The number of rotatable bonds is 9. The summed E-state index contributed by atoms with van der Waals surface area (Å²) in [7, 11) is 4.55. The predicted octanol–water partition coefficient (Wildman–Crippen LogP) is 5.26. The zero-order chi connectivity index (χ0) is 24.1. The van der Waals surface area contributed by atoms with Gasteiger partial charge in [0.1, 0.15) is 12.4 Å². The van der Waals surface area contributed by atoms with Crippen molar-refractivity contribution in [2.24, 2.45) is 0 Å². The van der Waals surface area contributed by atoms with Gasteiger partial charge < -0.3 is 18.9 Å². The van der Waals surface area contributed by atoms with E-state index in [1.807, 2.05) is 19.1 Å². The highest BCUT2D eigenvalue weighted by molar-refractivity contribution is 8.18. The number of amides is 2. The maximum Gasteiger partial charge on any atom is 0.293 e. The number of methoxy groups -OCH3 is 3. The van der Waals surface area contributed by atoms with Crippen LogP contribution < -0.4 is 18.9 Å². The van der Waals surface area contributed by atoms with E-state index in [1.54, 1.807) is 18.2 Å². The number of imide groups is 1. The van der Waals surface area contributed by atoms with E-state index in [1.165, 1.54) is 26.2 Å². The van der Waals surface area contributed by atoms with Gasteiger partial charge in [0, 0.05) is 5.56 Å². The number of thioether (sulfide) groups is 1. The standard InChI is InChI=1S/C25H29NO6S/c1-15(2)18-9-7-16(3)13-20(18)32-12-11-26-24(27)21(33-25(26)28)14-17-8-10-19(29-4)23(31-6)22(17)30-5/h7-10,13-15H,11-12H2,1-6H3/b21-14-. The molecule has 0 aromatic heterocycles. The average Bonchev–Trinajstić information content (AvgIpc) is 3.05. The topological polar surface area (TPSA) is 74.3 Å². The van der Waals surface area contributed by atoms with Crippen LogP contribution in [0.3, 0.4) is 0 Å². The number of ether oxygens (including phenoxy) is 4. The molecule has 1 aliphatic heterocycles. The van der Waals surface area contributed by atoms with Crippen molar-refractivity contribution in [2.75, 3.05) is 34.5 Å². The minimum atomic E-state index is -0.362. The first kappa shape index (κ1) is 24.5. The van der Waals surface area contributed by atoms with Gasteiger partial charge in [-0.25, -0.2) is 0 Å². The molecule has 1 heterocycles. The van der Waals surface area contributed by atoms with Crippen LogP contribution >= 0.6 is 11.8 Å². The third kappa shape index (κ3) is 5.27. The van der Waals surface area contributed by atoms with Crippen LogP contribution in [0, 0.1) is 6.92 Å². The van der Waals surface area contributed by atoms with Gasteiger partial charge in [-0.05, 0) is 60.0 Å². The van der Waals surface area contributed by atoms with E-state index in [4.69, 9.17) is 18.9 Å². The van der Waals surface area contributed by atoms with E-state index >= 15 is 0 Å². The summed E-state index contributed by atoms with van der Waals surface area (Å²) in [5.41, 5.74) is 2.79. The Labute approximate surface area is 198 Å². The van der Waals surface area contributed by atoms with Crippen molar-refractivity contribution in [3.63, 3.8) is 0 Å². The highest BCUT2D eigenvalue weighted by Gasteiger charge is 2.35. The number of nitrogens with zero attached hydrogens (tertiary/aromatic N) is 1. The van der Waals surface area contributed by atoms with Gasteiger partial charge in [-0.3, -0.25) is 14.5 Å². The van der Waals surface area contributed by atoms with Crippen LogP contribution in [-0.2, 0) is 4.79 Å². The highest BCUT2D eigenvalue weighted by Crippen LogP contribution is 2.42. The van der Waals surface area contributed by atoms with Crippen LogP contribution in [0.2, 0.25) is 0 Å². The second kappa shape index (κ2) is 10.7. The van der Waals surface area contributed by atoms with Crippen LogP contribution in [0.25, 0.3) is 6.08 Å². The Bertz CT molecular complexity index is 1080. The monoisotopic (exact) mass is 471 g/mol. The third-order valence-corrected chi connectivity index (χ3v) is 6.17. The highest BCUT2D eigenvalue weighted by atomic mass is 32.2. The van der Waals surface area contributed by atoms with E-state index < -0.39 is 0 Å². The second-order valence-electron chi connectivity index (χ2n) is 7.80. The molecule has 2 aromatic carbocycles. The van der Waals surface area contributed by atoms with Crippen LogP contribution in [0.15, 0.2) is 35.2 Å². The molecule has 3 rings (SSSR count). The first-order valence-electron chi connectivity index (χ1n) is 10.6. The quantitative estimate of drug-likeness (QED) is 0.462. The number of hydrogen-bond acceptors (Lipinski definition) is 7. The van der Waals surface area contributed by atoms with Crippen LogP contribution in [0.4, 0.5) is 4.79 Å². The normalized spacial score (nSPS) is 14.9. The van der Waals surface area contributed by atoms with Crippen molar-refractivity contribution >= 4 is 29.0 Å². The van der Waals surface area contributed by atoms with Crippen molar-refractivity contribution in [1.29, 1.82) is 0 Å². The third-order valence-electron chi connectivity index (χ3n) is 5.26. The van der Waals surface area contributed by atoms with Gasteiger partial charge in [-0.15, -0.1) is 0 Å². The molecule has 2 aromatic rings. The molecule has 176 valence electrons. The van der Waals surface area contributed by atoms with Gasteiger partial charge >= 0.3 is 0 Å². The molecule has 0 radical (unpaired) electrons. The molecular weight excluding hydrogens is 442 g/mol. The largest absolute Gasteiger partial charge is 0.493 e. The number of benzene rings is 2. The summed E-state index contributed by atoms with van der Waals surface area (Å²) in [5.74, 6) is 2.07. The lowest BCUT2D eigenvalue weighted by atomic mass is 10.0. The molecule has 33 heavy (non-hydrogen) atoms. The van der Waals surface area contributed by atoms with Gasteiger partial charge in [0.25, 0.3) is 11.1 Å². The summed E-state index contributed by atoms with van der Waals surface area (Å²) < 4.78 is 22.1. The van der Waals surface area contributed by atoms with Gasteiger partial charge in [0.05, 0.1) is 32.8 Å². The molecule has 0 bridgehead atoms. The molecule has 2 amide bonds. The van der Waals surface area contributed by atoms with Crippen LogP contribution in [-0.4, -0.2) is 50.5 Å². The Morgan fingerprint density at radius 2 is 1.70 bits per heavy atom. The summed E-state index contributed by atoms with van der Waals surface area (Å²) in [6, 6.07) is 9.55. The molecule has 7 nitrogen and oxygen atoms in total. The van der Waals surface area contributed by atoms with Gasteiger partial charge in [0.2, 0.25) is 5.75 Å². The Morgan fingerprint density at radius 1 is 0.970 bits per heavy atom. The minimum Gasteiger partial charge on any atom is -0.493 e. The lowest BCUT2D eigenvalue weighted by molar-refractivity contribution is -0.123. The summed E-state index contributed by atoms with van der Waals surface area (Å²) in [5, 5.41) is -0.331. The number of aryl methyl sites for hydroxylation is 1. The maximum atomic E-state index is 12.9. The Balaban J connectivity index is 1.76. The smallest absolute Gasteiger partial charge is 0.293 e. The van der Waals surface area contributed by atoms with E-state index in [-0.39, 0.29) is 24.3 Å². The van der Waals surface area contributed by atoms with Crippen molar-refractivity contribution in [3.8, 4) is 23.0 Å². The predicted molar refractivity (Wildman–Crippen MR) is 130 cm³/mol. The number of carbonyl (C=O) groups is 2. The molecule has 1 fully saturated rings. The molecular formula is C25H29NO6S. The van der Waals surface area contributed by atoms with E-state index in [0.29, 0.717) is 33.6 Å². The van der Waals surface area contributed by atoms with Gasteiger partial charge in [-0.2, -0.15) is 0 Å². The fraction of sp³-hybridized carbons (Fsp3) is 0.360. The lowest BCUT2D eigenvalue weighted by Gasteiger charge is -2.17. The summed E-state index contributed by atoms with van der Waals surface area (Å²) >= 11 is 0.891. The first-order chi connectivity index (χ1) is 15.8. The molecule has 0 aliphatic carbocycles. The fourth-order valence-corrected chi connectivity index (χ4v) is 4.42. The Kier molecular flexibility index (Phi) is 7.92. The van der Waals surface area contributed by atoms with Crippen LogP contribution in [0.5, 0.6) is 23.0 Å². The maximum absolute atomic E-state index is 12.9. The fourth-order valence-electron chi connectivity index (χ4n) is 3.56. The van der Waals surface area contributed by atoms with Crippen LogP contribution in [0.1, 0.15) is 36.5 Å². The summed E-state index contributed by atoms with van der Waals surface area (Å²) in [4.78, 5) is 27.0.